The van der Waals surface area contributed by atoms with E-state index in [0.29, 0.717) is 29.0 Å². The number of nitrogens with zero attached hydrogens (tertiary/aromatic N) is 5. The number of hydrogen-bond acceptors (Lipinski definition) is 8. The lowest BCUT2D eigenvalue weighted by atomic mass is 10.2. The first kappa shape index (κ1) is 16.9. The van der Waals surface area contributed by atoms with Crippen molar-refractivity contribution < 1.29 is 9.84 Å². The Labute approximate surface area is 158 Å². The molecule has 1 aliphatic heterocycles. The van der Waals surface area contributed by atoms with Gasteiger partial charge in [-0.25, -0.2) is 9.79 Å². The van der Waals surface area contributed by atoms with Crippen molar-refractivity contribution in [1.29, 1.82) is 0 Å². The first-order chi connectivity index (χ1) is 13.7. The lowest BCUT2D eigenvalue weighted by Gasteiger charge is -2.10. The molecule has 3 aromatic heterocycles. The molecule has 28 heavy (non-hydrogen) atoms. The van der Waals surface area contributed by atoms with Gasteiger partial charge in [0.2, 0.25) is 11.8 Å². The molecule has 4 heterocycles. The number of imidazole rings is 1. The number of ether oxygens (including phenoxy) is 1. The van der Waals surface area contributed by atoms with E-state index in [4.69, 9.17) is 4.74 Å². The third-order valence-electron chi connectivity index (χ3n) is 4.77. The highest BCUT2D eigenvalue weighted by molar-refractivity contribution is 5.57. The molecule has 146 valence electrons. The van der Waals surface area contributed by atoms with Crippen molar-refractivity contribution in [2.45, 2.75) is 37.8 Å². The minimum absolute atomic E-state index is 0.154. The second-order valence-electron chi connectivity index (χ2n) is 7.04. The van der Waals surface area contributed by atoms with Gasteiger partial charge in [-0.05, 0) is 31.8 Å². The fourth-order valence-corrected chi connectivity index (χ4v) is 3.17. The van der Waals surface area contributed by atoms with Gasteiger partial charge >= 0.3 is 5.69 Å². The van der Waals surface area contributed by atoms with Gasteiger partial charge in [0.1, 0.15) is 5.69 Å². The van der Waals surface area contributed by atoms with Gasteiger partial charge in [-0.3, -0.25) is 4.98 Å². The van der Waals surface area contributed by atoms with E-state index in [0.717, 1.165) is 32.3 Å². The third kappa shape index (κ3) is 3.36. The summed E-state index contributed by atoms with van der Waals surface area (Å²) in [7, 11) is 0. The van der Waals surface area contributed by atoms with Crippen LogP contribution in [0.2, 0.25) is 0 Å². The molecule has 11 nitrogen and oxygen atoms in total. The van der Waals surface area contributed by atoms with Crippen LogP contribution >= 0.6 is 0 Å². The SMILES string of the molecule is O=c1[nH]c(O)c(C=c2cnn3c(=NC4CC4)nc(NCC4CCCO4)nc23)[nH]1. The fourth-order valence-electron chi connectivity index (χ4n) is 3.17. The van der Waals surface area contributed by atoms with Crippen LogP contribution in [0.1, 0.15) is 31.4 Å². The molecule has 0 bridgehead atoms. The summed E-state index contributed by atoms with van der Waals surface area (Å²) in [5.74, 6) is 0.211. The minimum atomic E-state index is -0.488. The largest absolute Gasteiger partial charge is 0.493 e. The van der Waals surface area contributed by atoms with E-state index in [1.807, 2.05) is 0 Å². The van der Waals surface area contributed by atoms with Crippen molar-refractivity contribution in [2.75, 3.05) is 18.5 Å². The quantitative estimate of drug-likeness (QED) is 0.443. The van der Waals surface area contributed by atoms with Crippen LogP contribution in [0.25, 0.3) is 11.7 Å². The Morgan fingerprint density at radius 1 is 1.36 bits per heavy atom. The molecule has 0 radical (unpaired) electrons. The second kappa shape index (κ2) is 6.75. The molecule has 1 saturated heterocycles. The Balaban J connectivity index is 1.59. The van der Waals surface area contributed by atoms with Crippen molar-refractivity contribution in [2.24, 2.45) is 4.99 Å². The minimum Gasteiger partial charge on any atom is -0.493 e. The Hall–Kier alpha value is -3.21. The Bertz CT molecular complexity index is 1180. The predicted octanol–water partition coefficient (Wildman–Crippen LogP) is -0.952. The number of aromatic hydroxyl groups is 1. The molecular weight excluding hydrogens is 364 g/mol. The molecule has 11 heteroatoms. The van der Waals surface area contributed by atoms with Crippen molar-refractivity contribution in [3.63, 3.8) is 0 Å². The van der Waals surface area contributed by atoms with Gasteiger partial charge in [0.15, 0.2) is 5.65 Å². The molecule has 0 aromatic carbocycles. The Kier molecular flexibility index (Phi) is 4.08. The molecule has 1 atom stereocenters. The van der Waals surface area contributed by atoms with Crippen LogP contribution in [-0.2, 0) is 4.74 Å². The number of hydrogen-bond donors (Lipinski definition) is 4. The van der Waals surface area contributed by atoms with Gasteiger partial charge in [-0.2, -0.15) is 19.6 Å². The average molecular weight is 384 g/mol. The molecule has 1 aliphatic carbocycles. The van der Waals surface area contributed by atoms with Gasteiger partial charge in [-0.15, -0.1) is 0 Å². The van der Waals surface area contributed by atoms with Crippen LogP contribution in [-0.4, -0.2) is 60.0 Å². The number of aromatic amines is 2. The Morgan fingerprint density at radius 2 is 2.25 bits per heavy atom. The third-order valence-corrected chi connectivity index (χ3v) is 4.77. The second-order valence-corrected chi connectivity index (χ2v) is 7.04. The molecule has 0 amide bonds. The maximum absolute atomic E-state index is 11.4. The summed E-state index contributed by atoms with van der Waals surface area (Å²) in [6, 6.07) is 0.269. The van der Waals surface area contributed by atoms with E-state index in [9.17, 15) is 9.90 Å². The van der Waals surface area contributed by atoms with E-state index in [1.165, 1.54) is 0 Å². The first-order valence-electron chi connectivity index (χ1n) is 9.34. The molecule has 1 saturated carbocycles. The van der Waals surface area contributed by atoms with Crippen LogP contribution in [0.3, 0.4) is 0 Å². The van der Waals surface area contributed by atoms with E-state index in [1.54, 1.807) is 16.8 Å². The maximum Gasteiger partial charge on any atom is 0.326 e. The molecule has 3 aromatic rings. The summed E-state index contributed by atoms with van der Waals surface area (Å²) in [5, 5.41) is 18.0. The fraction of sp³-hybridized carbons (Fsp3) is 0.471. The van der Waals surface area contributed by atoms with E-state index >= 15 is 0 Å². The van der Waals surface area contributed by atoms with Crippen LogP contribution in [0.15, 0.2) is 16.0 Å². The van der Waals surface area contributed by atoms with Gasteiger partial charge in [0.25, 0.3) is 5.62 Å². The summed E-state index contributed by atoms with van der Waals surface area (Å²) < 4.78 is 7.21. The molecular formula is C17H20N8O3. The number of H-pyrrole nitrogens is 2. The van der Waals surface area contributed by atoms with Crippen LogP contribution in [0.5, 0.6) is 5.88 Å². The van der Waals surface area contributed by atoms with E-state index in [-0.39, 0.29) is 23.7 Å². The lowest BCUT2D eigenvalue weighted by molar-refractivity contribution is 0.120. The van der Waals surface area contributed by atoms with Gasteiger partial charge in [0.05, 0.1) is 18.3 Å². The summed E-state index contributed by atoms with van der Waals surface area (Å²) in [6.07, 6.45) is 7.53. The highest BCUT2D eigenvalue weighted by Gasteiger charge is 2.21. The van der Waals surface area contributed by atoms with E-state index < -0.39 is 5.69 Å². The summed E-state index contributed by atoms with van der Waals surface area (Å²) in [4.78, 5) is 29.9. The van der Waals surface area contributed by atoms with Gasteiger partial charge in [0, 0.05) is 18.4 Å². The van der Waals surface area contributed by atoms with Crippen molar-refractivity contribution in [3.8, 4) is 5.88 Å². The predicted molar refractivity (Wildman–Crippen MR) is 98.7 cm³/mol. The van der Waals surface area contributed by atoms with Crippen molar-refractivity contribution in [1.82, 2.24) is 29.5 Å². The number of nitrogens with one attached hydrogen (secondary N) is 3. The maximum atomic E-state index is 11.4. The molecule has 2 fully saturated rings. The average Bonchev–Trinajstić information content (AvgIpc) is 3.05. The molecule has 0 spiro atoms. The molecule has 4 N–H and O–H groups in total. The lowest BCUT2D eigenvalue weighted by Crippen LogP contribution is -2.27. The molecule has 1 unspecified atom stereocenters. The van der Waals surface area contributed by atoms with Crippen molar-refractivity contribution in [3.05, 3.63) is 33.2 Å². The summed E-state index contributed by atoms with van der Waals surface area (Å²) >= 11 is 0. The standard InChI is InChI=1S/C17H20N8O3/c26-14-12(21-17(27)23-14)6-9-7-19-25-13(9)22-15(18-8-11-2-1-5-28-11)24-16(25)20-10-3-4-10/h6-7,10-11,26H,1-5,8H2,(H,18,20,24)(H2,21,23,27). The highest BCUT2D eigenvalue weighted by Crippen LogP contribution is 2.22. The molecule has 5 rings (SSSR count). The number of fused-ring (bicyclic) bond motifs is 1. The zero-order valence-electron chi connectivity index (χ0n) is 15.1. The van der Waals surface area contributed by atoms with E-state index in [2.05, 4.69) is 35.3 Å². The van der Waals surface area contributed by atoms with Gasteiger partial charge in [-0.1, -0.05) is 0 Å². The summed E-state index contributed by atoms with van der Waals surface area (Å²) in [6.45, 7) is 1.41. The molecule has 2 aliphatic rings. The highest BCUT2D eigenvalue weighted by atomic mass is 16.5. The zero-order valence-corrected chi connectivity index (χ0v) is 15.1. The van der Waals surface area contributed by atoms with Crippen LogP contribution in [0.4, 0.5) is 5.95 Å². The van der Waals surface area contributed by atoms with Crippen LogP contribution in [0, 0.1) is 0 Å². The monoisotopic (exact) mass is 384 g/mol. The van der Waals surface area contributed by atoms with Gasteiger partial charge < -0.3 is 20.1 Å². The summed E-state index contributed by atoms with van der Waals surface area (Å²) in [5.41, 5.74) is 0.783. The van der Waals surface area contributed by atoms with Crippen molar-refractivity contribution >= 4 is 17.7 Å². The zero-order chi connectivity index (χ0) is 19.1. The normalized spacial score (nSPS) is 21.1. The van der Waals surface area contributed by atoms with Crippen LogP contribution < -0.4 is 21.8 Å². The first-order valence-corrected chi connectivity index (χ1v) is 9.34. The number of anilines is 1. The number of rotatable bonds is 5. The topological polar surface area (TPSA) is 146 Å². The smallest absolute Gasteiger partial charge is 0.326 e. The number of aromatic nitrogens is 6. The Morgan fingerprint density at radius 3 is 2.96 bits per heavy atom.